The summed E-state index contributed by atoms with van der Waals surface area (Å²) < 4.78 is 13.6. The van der Waals surface area contributed by atoms with E-state index in [-0.39, 0.29) is 23.1 Å². The molecule has 1 fully saturated rings. The molecule has 0 bridgehead atoms. The van der Waals surface area contributed by atoms with E-state index in [4.69, 9.17) is 5.11 Å². The Hall–Kier alpha value is -1.67. The second-order valence-corrected chi connectivity index (χ2v) is 5.31. The number of carboxylic acid groups (broad SMARTS) is 1. The lowest BCUT2D eigenvalue weighted by atomic mass is 10.2. The zero-order valence-electron chi connectivity index (χ0n) is 10.2. The molecule has 0 aromatic heterocycles. The van der Waals surface area contributed by atoms with Crippen molar-refractivity contribution < 1.29 is 24.2 Å². The highest BCUT2D eigenvalue weighted by Gasteiger charge is 2.39. The molecule has 1 aliphatic rings. The van der Waals surface area contributed by atoms with Gasteiger partial charge in [0.15, 0.2) is 0 Å². The predicted molar refractivity (Wildman–Crippen MR) is 71.9 cm³/mol. The van der Waals surface area contributed by atoms with E-state index in [1.807, 2.05) is 0 Å². The van der Waals surface area contributed by atoms with Crippen LogP contribution in [0.25, 0.3) is 0 Å². The number of hydrogen-bond donors (Lipinski definition) is 3. The van der Waals surface area contributed by atoms with E-state index >= 15 is 0 Å². The summed E-state index contributed by atoms with van der Waals surface area (Å²) in [4.78, 5) is 24.0. The van der Waals surface area contributed by atoms with Crippen molar-refractivity contribution in [3.63, 3.8) is 0 Å². The summed E-state index contributed by atoms with van der Waals surface area (Å²) >= 11 is 2.99. The SMILES string of the molecule is O=C(O)[C@@H]1CC(O)CN1C(=O)Nc1ccc(Br)c(F)c1. The molecule has 1 saturated heterocycles. The van der Waals surface area contributed by atoms with Crippen LogP contribution in [0.4, 0.5) is 14.9 Å². The Bertz CT molecular complexity index is 554. The highest BCUT2D eigenvalue weighted by atomic mass is 79.9. The number of hydrogen-bond acceptors (Lipinski definition) is 3. The molecule has 2 atom stereocenters. The number of carbonyl (C=O) groups is 2. The van der Waals surface area contributed by atoms with E-state index in [0.717, 1.165) is 11.0 Å². The van der Waals surface area contributed by atoms with Gasteiger partial charge in [-0.05, 0) is 34.1 Å². The first-order valence-corrected chi connectivity index (χ1v) is 6.61. The van der Waals surface area contributed by atoms with Crippen LogP contribution in [0, 0.1) is 5.82 Å². The second-order valence-electron chi connectivity index (χ2n) is 4.45. The fourth-order valence-corrected chi connectivity index (χ4v) is 2.29. The van der Waals surface area contributed by atoms with Gasteiger partial charge in [0.2, 0.25) is 0 Å². The topological polar surface area (TPSA) is 89.9 Å². The number of aliphatic carboxylic acids is 1. The number of benzene rings is 1. The summed E-state index contributed by atoms with van der Waals surface area (Å²) in [5, 5.41) is 20.9. The summed E-state index contributed by atoms with van der Waals surface area (Å²) in [5.41, 5.74) is 0.209. The average Bonchev–Trinajstić information content (AvgIpc) is 2.76. The van der Waals surface area contributed by atoms with E-state index in [9.17, 15) is 19.1 Å². The second kappa shape index (κ2) is 5.76. The van der Waals surface area contributed by atoms with Gasteiger partial charge in [0.1, 0.15) is 11.9 Å². The van der Waals surface area contributed by atoms with Crippen molar-refractivity contribution in [3.05, 3.63) is 28.5 Å². The summed E-state index contributed by atoms with van der Waals surface area (Å²) in [7, 11) is 0. The maximum atomic E-state index is 13.3. The number of urea groups is 1. The Morgan fingerprint density at radius 2 is 2.15 bits per heavy atom. The zero-order valence-corrected chi connectivity index (χ0v) is 11.8. The molecule has 108 valence electrons. The first-order chi connectivity index (χ1) is 9.38. The van der Waals surface area contributed by atoms with Crippen molar-refractivity contribution in [2.75, 3.05) is 11.9 Å². The van der Waals surface area contributed by atoms with Gasteiger partial charge in [-0.15, -0.1) is 0 Å². The molecule has 1 aromatic carbocycles. The van der Waals surface area contributed by atoms with Crippen molar-refractivity contribution in [2.45, 2.75) is 18.6 Å². The number of carboxylic acids is 1. The van der Waals surface area contributed by atoms with E-state index < -0.39 is 30.0 Å². The van der Waals surface area contributed by atoms with E-state index in [1.165, 1.54) is 12.1 Å². The summed E-state index contributed by atoms with van der Waals surface area (Å²) in [6.07, 6.45) is -0.888. The van der Waals surface area contributed by atoms with Crippen LogP contribution in [0.1, 0.15) is 6.42 Å². The summed E-state index contributed by atoms with van der Waals surface area (Å²) in [6.45, 7) is -0.0676. The minimum Gasteiger partial charge on any atom is -0.480 e. The molecule has 1 unspecified atom stereocenters. The number of halogens is 2. The quantitative estimate of drug-likeness (QED) is 0.759. The van der Waals surface area contributed by atoms with Crippen LogP contribution in [-0.4, -0.2) is 45.8 Å². The van der Waals surface area contributed by atoms with Crippen LogP contribution in [0.3, 0.4) is 0 Å². The van der Waals surface area contributed by atoms with Gasteiger partial charge in [0.05, 0.1) is 10.6 Å². The third-order valence-corrected chi connectivity index (χ3v) is 3.64. The van der Waals surface area contributed by atoms with Crippen LogP contribution in [0.2, 0.25) is 0 Å². The van der Waals surface area contributed by atoms with Gasteiger partial charge < -0.3 is 20.4 Å². The molecular weight excluding hydrogens is 335 g/mol. The molecule has 1 heterocycles. The molecule has 0 spiro atoms. The minimum atomic E-state index is -1.18. The number of rotatable bonds is 2. The molecule has 0 saturated carbocycles. The molecule has 0 aliphatic carbocycles. The summed E-state index contributed by atoms with van der Waals surface area (Å²) in [5.74, 6) is -1.72. The van der Waals surface area contributed by atoms with E-state index in [1.54, 1.807) is 0 Å². The molecule has 6 nitrogen and oxygen atoms in total. The van der Waals surface area contributed by atoms with Crippen molar-refractivity contribution in [1.82, 2.24) is 4.90 Å². The lowest BCUT2D eigenvalue weighted by molar-refractivity contribution is -0.141. The number of aliphatic hydroxyl groups excluding tert-OH is 1. The molecule has 8 heteroatoms. The Labute approximate surface area is 122 Å². The third kappa shape index (κ3) is 3.07. The Kier molecular flexibility index (Phi) is 4.24. The Morgan fingerprint density at radius 1 is 1.45 bits per heavy atom. The predicted octanol–water partition coefficient (Wildman–Crippen LogP) is 1.64. The number of nitrogens with zero attached hydrogens (tertiary/aromatic N) is 1. The zero-order chi connectivity index (χ0) is 14.9. The average molecular weight is 347 g/mol. The molecule has 2 rings (SSSR count). The lowest BCUT2D eigenvalue weighted by Gasteiger charge is -2.21. The number of amides is 2. The molecule has 1 aliphatic heterocycles. The van der Waals surface area contributed by atoms with E-state index in [0.29, 0.717) is 0 Å². The maximum Gasteiger partial charge on any atom is 0.326 e. The number of β-amino-alcohol motifs (C(OH)–C–C–N with tert-alkyl or cyclic N) is 1. The van der Waals surface area contributed by atoms with Gasteiger partial charge in [-0.2, -0.15) is 0 Å². The van der Waals surface area contributed by atoms with Crippen molar-refractivity contribution in [2.24, 2.45) is 0 Å². The number of aliphatic hydroxyl groups is 1. The number of nitrogens with one attached hydrogen (secondary N) is 1. The summed E-state index contributed by atoms with van der Waals surface area (Å²) in [6, 6.07) is 2.26. The fraction of sp³-hybridized carbons (Fsp3) is 0.333. The first kappa shape index (κ1) is 14.7. The minimum absolute atomic E-state index is 0.0164. The van der Waals surface area contributed by atoms with Crippen LogP contribution in [0.5, 0.6) is 0 Å². The van der Waals surface area contributed by atoms with Gasteiger partial charge >= 0.3 is 12.0 Å². The normalized spacial score (nSPS) is 21.9. The molecular formula is C12H12BrFN2O4. The number of carbonyl (C=O) groups excluding carboxylic acids is 1. The smallest absolute Gasteiger partial charge is 0.326 e. The Balaban J connectivity index is 2.11. The van der Waals surface area contributed by atoms with E-state index in [2.05, 4.69) is 21.2 Å². The third-order valence-electron chi connectivity index (χ3n) is 3.00. The lowest BCUT2D eigenvalue weighted by Crippen LogP contribution is -2.43. The van der Waals surface area contributed by atoms with Crippen LogP contribution in [-0.2, 0) is 4.79 Å². The van der Waals surface area contributed by atoms with Gasteiger partial charge in [-0.25, -0.2) is 14.0 Å². The monoisotopic (exact) mass is 346 g/mol. The fourth-order valence-electron chi connectivity index (χ4n) is 2.04. The Morgan fingerprint density at radius 3 is 2.75 bits per heavy atom. The van der Waals surface area contributed by atoms with Gasteiger partial charge in [0.25, 0.3) is 0 Å². The highest BCUT2D eigenvalue weighted by Crippen LogP contribution is 2.22. The van der Waals surface area contributed by atoms with Crippen LogP contribution in [0.15, 0.2) is 22.7 Å². The molecule has 2 amide bonds. The number of likely N-dealkylation sites (tertiary alicyclic amines) is 1. The van der Waals surface area contributed by atoms with Gasteiger partial charge in [0, 0.05) is 18.7 Å². The van der Waals surface area contributed by atoms with Crippen molar-refractivity contribution in [1.29, 1.82) is 0 Å². The van der Waals surface area contributed by atoms with Crippen LogP contribution < -0.4 is 5.32 Å². The van der Waals surface area contributed by atoms with Crippen molar-refractivity contribution >= 4 is 33.6 Å². The molecule has 0 radical (unpaired) electrons. The standard InChI is InChI=1S/C12H12BrFN2O4/c13-8-2-1-6(3-9(8)14)15-12(20)16-5-7(17)4-10(16)11(18)19/h1-3,7,10,17H,4-5H2,(H,15,20)(H,18,19)/t7?,10-/m0/s1. The molecule has 3 N–H and O–H groups in total. The van der Waals surface area contributed by atoms with Crippen molar-refractivity contribution in [3.8, 4) is 0 Å². The number of anilines is 1. The highest BCUT2D eigenvalue weighted by molar-refractivity contribution is 9.10. The largest absolute Gasteiger partial charge is 0.480 e. The van der Waals surface area contributed by atoms with Gasteiger partial charge in [-0.1, -0.05) is 0 Å². The molecule has 20 heavy (non-hydrogen) atoms. The van der Waals surface area contributed by atoms with Gasteiger partial charge in [-0.3, -0.25) is 0 Å². The molecule has 1 aromatic rings. The maximum absolute atomic E-state index is 13.3. The van der Waals surface area contributed by atoms with Crippen LogP contribution >= 0.6 is 15.9 Å². The first-order valence-electron chi connectivity index (χ1n) is 5.82.